The van der Waals surface area contributed by atoms with Crippen LogP contribution in [0.3, 0.4) is 0 Å². The first-order valence-electron chi connectivity index (χ1n) is 7.61. The van der Waals surface area contributed by atoms with E-state index in [0.717, 1.165) is 5.92 Å². The van der Waals surface area contributed by atoms with Crippen molar-refractivity contribution in [1.82, 2.24) is 10.3 Å². The molecule has 3 heteroatoms. The Morgan fingerprint density at radius 2 is 2.30 bits per heavy atom. The molecule has 0 saturated carbocycles. The minimum absolute atomic E-state index is 0.657. The molecule has 2 nitrogen and oxygen atoms in total. The summed E-state index contributed by atoms with van der Waals surface area (Å²) in [6.45, 7) is 2.29. The van der Waals surface area contributed by atoms with Crippen molar-refractivity contribution in [3.63, 3.8) is 0 Å². The van der Waals surface area contributed by atoms with E-state index in [0.29, 0.717) is 6.04 Å². The number of rotatable bonds is 4. The van der Waals surface area contributed by atoms with Gasteiger partial charge in [-0.15, -0.1) is 11.8 Å². The van der Waals surface area contributed by atoms with Crippen molar-refractivity contribution < 1.29 is 0 Å². The zero-order valence-corrected chi connectivity index (χ0v) is 13.4. The number of fused-ring (bicyclic) bond motifs is 3. The van der Waals surface area contributed by atoms with E-state index in [1.54, 1.807) is 11.1 Å². The van der Waals surface area contributed by atoms with Crippen LogP contribution in [-0.4, -0.2) is 24.3 Å². The maximum absolute atomic E-state index is 3.50. The molecule has 108 valence electrons. The van der Waals surface area contributed by atoms with Gasteiger partial charge in [-0.05, 0) is 62.1 Å². The van der Waals surface area contributed by atoms with Crippen LogP contribution in [0.1, 0.15) is 30.9 Å². The fourth-order valence-electron chi connectivity index (χ4n) is 3.78. The SMILES string of the molecule is CCC(NC)C1CCc2c(ccc3[nH]cc(SC)c23)C1. The zero-order valence-electron chi connectivity index (χ0n) is 12.6. The monoisotopic (exact) mass is 288 g/mol. The first-order chi connectivity index (χ1) is 9.78. The van der Waals surface area contributed by atoms with E-state index in [-0.39, 0.29) is 0 Å². The third-order valence-electron chi connectivity index (χ3n) is 4.86. The molecule has 1 aromatic heterocycles. The molecular weight excluding hydrogens is 264 g/mol. The topological polar surface area (TPSA) is 27.8 Å². The molecular formula is C17H24N2S. The summed E-state index contributed by atoms with van der Waals surface area (Å²) >= 11 is 1.85. The lowest BCUT2D eigenvalue weighted by molar-refractivity contribution is 0.328. The molecule has 0 aliphatic heterocycles. The van der Waals surface area contributed by atoms with Crippen LogP contribution in [0.2, 0.25) is 0 Å². The lowest BCUT2D eigenvalue weighted by Gasteiger charge is -2.31. The molecule has 0 fully saturated rings. The van der Waals surface area contributed by atoms with Crippen molar-refractivity contribution in [2.45, 2.75) is 43.5 Å². The number of benzene rings is 1. The molecule has 20 heavy (non-hydrogen) atoms. The molecule has 1 aliphatic rings. The summed E-state index contributed by atoms with van der Waals surface area (Å²) in [5, 5.41) is 4.97. The van der Waals surface area contributed by atoms with Gasteiger partial charge < -0.3 is 10.3 Å². The largest absolute Gasteiger partial charge is 0.360 e. The predicted octanol–water partition coefficient (Wildman–Crippen LogP) is 3.99. The summed E-state index contributed by atoms with van der Waals surface area (Å²) in [7, 11) is 2.10. The Kier molecular flexibility index (Phi) is 4.08. The highest BCUT2D eigenvalue weighted by atomic mass is 32.2. The first-order valence-corrected chi connectivity index (χ1v) is 8.84. The third-order valence-corrected chi connectivity index (χ3v) is 5.62. The van der Waals surface area contributed by atoms with Crippen LogP contribution in [0, 0.1) is 5.92 Å². The second kappa shape index (κ2) is 5.82. The van der Waals surface area contributed by atoms with Crippen LogP contribution in [0.4, 0.5) is 0 Å². The maximum atomic E-state index is 3.50. The van der Waals surface area contributed by atoms with Gasteiger partial charge in [0, 0.05) is 28.0 Å². The third kappa shape index (κ3) is 2.27. The highest BCUT2D eigenvalue weighted by molar-refractivity contribution is 7.98. The van der Waals surface area contributed by atoms with Crippen LogP contribution >= 0.6 is 11.8 Å². The Morgan fingerprint density at radius 3 is 3.00 bits per heavy atom. The fourth-order valence-corrected chi connectivity index (χ4v) is 4.39. The number of H-pyrrole nitrogens is 1. The summed E-state index contributed by atoms with van der Waals surface area (Å²) in [5.41, 5.74) is 4.46. The Hall–Kier alpha value is -0.930. The number of aromatic amines is 1. The minimum atomic E-state index is 0.657. The molecule has 2 atom stereocenters. The Morgan fingerprint density at radius 1 is 1.45 bits per heavy atom. The van der Waals surface area contributed by atoms with Crippen LogP contribution < -0.4 is 5.32 Å². The summed E-state index contributed by atoms with van der Waals surface area (Å²) in [4.78, 5) is 4.81. The van der Waals surface area contributed by atoms with Gasteiger partial charge in [0.05, 0.1) is 0 Å². The molecule has 0 spiro atoms. The Bertz CT molecular complexity index is 598. The van der Waals surface area contributed by atoms with E-state index in [1.807, 2.05) is 11.8 Å². The van der Waals surface area contributed by atoms with Crippen molar-refractivity contribution in [3.8, 4) is 0 Å². The summed E-state index contributed by atoms with van der Waals surface area (Å²) in [5.74, 6) is 0.784. The molecule has 2 unspecified atom stereocenters. The average molecular weight is 288 g/mol. The van der Waals surface area contributed by atoms with Gasteiger partial charge in [-0.2, -0.15) is 0 Å². The van der Waals surface area contributed by atoms with Gasteiger partial charge in [0.15, 0.2) is 0 Å². The molecule has 3 rings (SSSR count). The lowest BCUT2D eigenvalue weighted by Crippen LogP contribution is -2.36. The van der Waals surface area contributed by atoms with E-state index >= 15 is 0 Å². The standard InChI is InChI=1S/C17H24N2S/c1-4-14(18-2)12-5-7-13-11(9-12)6-8-15-17(13)16(20-3)10-19-15/h6,8,10,12,14,18-19H,4-5,7,9H2,1-3H3. The van der Waals surface area contributed by atoms with Crippen LogP contribution in [-0.2, 0) is 12.8 Å². The molecule has 0 saturated heterocycles. The zero-order chi connectivity index (χ0) is 14.1. The van der Waals surface area contributed by atoms with Crippen LogP contribution in [0.5, 0.6) is 0 Å². The number of hydrogen-bond acceptors (Lipinski definition) is 2. The summed E-state index contributed by atoms with van der Waals surface area (Å²) in [6, 6.07) is 5.26. The number of aromatic nitrogens is 1. The molecule has 1 aromatic carbocycles. The van der Waals surface area contributed by atoms with Crippen LogP contribution in [0.15, 0.2) is 23.2 Å². The normalized spacial score (nSPS) is 20.1. The van der Waals surface area contributed by atoms with Gasteiger partial charge in [0.1, 0.15) is 0 Å². The van der Waals surface area contributed by atoms with Crippen molar-refractivity contribution in [3.05, 3.63) is 29.5 Å². The summed E-state index contributed by atoms with van der Waals surface area (Å²) in [6.07, 6.45) is 9.31. The van der Waals surface area contributed by atoms with Crippen molar-refractivity contribution in [1.29, 1.82) is 0 Å². The Balaban J connectivity index is 1.99. The Labute approximate surface area is 125 Å². The van der Waals surface area contributed by atoms with Crippen molar-refractivity contribution >= 4 is 22.7 Å². The van der Waals surface area contributed by atoms with Gasteiger partial charge in [-0.3, -0.25) is 0 Å². The molecule has 2 N–H and O–H groups in total. The van der Waals surface area contributed by atoms with Gasteiger partial charge >= 0.3 is 0 Å². The second-order valence-corrected chi connectivity index (χ2v) is 6.64. The molecule has 1 heterocycles. The quantitative estimate of drug-likeness (QED) is 0.833. The van der Waals surface area contributed by atoms with Crippen LogP contribution in [0.25, 0.3) is 10.9 Å². The number of hydrogen-bond donors (Lipinski definition) is 2. The maximum Gasteiger partial charge on any atom is 0.0468 e. The lowest BCUT2D eigenvalue weighted by atomic mass is 9.78. The van der Waals surface area contributed by atoms with E-state index in [4.69, 9.17) is 0 Å². The fraction of sp³-hybridized carbons (Fsp3) is 0.529. The van der Waals surface area contributed by atoms with Crippen molar-refractivity contribution in [2.24, 2.45) is 5.92 Å². The van der Waals surface area contributed by atoms with E-state index in [9.17, 15) is 0 Å². The van der Waals surface area contributed by atoms with E-state index < -0.39 is 0 Å². The highest BCUT2D eigenvalue weighted by Crippen LogP contribution is 2.37. The van der Waals surface area contributed by atoms with Gasteiger partial charge in [0.2, 0.25) is 0 Å². The van der Waals surface area contributed by atoms with Crippen molar-refractivity contribution in [2.75, 3.05) is 13.3 Å². The molecule has 0 radical (unpaired) electrons. The van der Waals surface area contributed by atoms with Gasteiger partial charge in [-0.1, -0.05) is 13.0 Å². The van der Waals surface area contributed by atoms with E-state index in [2.05, 4.69) is 48.9 Å². The first kappa shape index (κ1) is 14.0. The number of aryl methyl sites for hydroxylation is 1. The number of thioether (sulfide) groups is 1. The number of nitrogens with one attached hydrogen (secondary N) is 2. The smallest absolute Gasteiger partial charge is 0.0468 e. The summed E-state index contributed by atoms with van der Waals surface area (Å²) < 4.78 is 0. The molecule has 2 aromatic rings. The van der Waals surface area contributed by atoms with Gasteiger partial charge in [0.25, 0.3) is 0 Å². The van der Waals surface area contributed by atoms with Gasteiger partial charge in [-0.25, -0.2) is 0 Å². The molecule has 0 bridgehead atoms. The molecule has 0 amide bonds. The minimum Gasteiger partial charge on any atom is -0.360 e. The molecule has 1 aliphatic carbocycles. The predicted molar refractivity (Wildman–Crippen MR) is 88.7 cm³/mol. The highest BCUT2D eigenvalue weighted by Gasteiger charge is 2.26. The van der Waals surface area contributed by atoms with E-state index in [1.165, 1.54) is 41.5 Å². The average Bonchev–Trinajstić information content (AvgIpc) is 2.91. The second-order valence-electron chi connectivity index (χ2n) is 5.79.